The van der Waals surface area contributed by atoms with Gasteiger partial charge < -0.3 is 18.9 Å². The zero-order valence-electron chi connectivity index (χ0n) is 12.6. The second-order valence-corrected chi connectivity index (χ2v) is 4.31. The van der Waals surface area contributed by atoms with Crippen molar-refractivity contribution in [2.75, 3.05) is 28.4 Å². The molecule has 0 atom stereocenters. The van der Waals surface area contributed by atoms with Crippen molar-refractivity contribution in [3.63, 3.8) is 0 Å². The highest BCUT2D eigenvalue weighted by molar-refractivity contribution is 5.91. The fourth-order valence-corrected chi connectivity index (χ4v) is 2.07. The van der Waals surface area contributed by atoms with Gasteiger partial charge in [0.2, 0.25) is 0 Å². The molecule has 0 saturated carbocycles. The van der Waals surface area contributed by atoms with Gasteiger partial charge in [0.25, 0.3) is 23.5 Å². The normalized spacial score (nSPS) is 10.7. The number of ether oxygens (including phenoxy) is 4. The van der Waals surface area contributed by atoms with Gasteiger partial charge in [-0.25, -0.2) is 19.9 Å². The molecule has 3 rings (SSSR count). The largest absolute Gasteiger partial charge is 0.477 e. The molecule has 2 heterocycles. The molecule has 2 aromatic heterocycles. The van der Waals surface area contributed by atoms with E-state index in [1.165, 1.54) is 28.4 Å². The van der Waals surface area contributed by atoms with Crippen molar-refractivity contribution in [1.82, 2.24) is 19.9 Å². The summed E-state index contributed by atoms with van der Waals surface area (Å²) >= 11 is 0. The van der Waals surface area contributed by atoms with Crippen molar-refractivity contribution < 1.29 is 18.9 Å². The Morgan fingerprint density at radius 3 is 0.909 bits per heavy atom. The molecule has 0 saturated heterocycles. The smallest absolute Gasteiger partial charge is 0.278 e. The molecule has 0 fully saturated rings. The third kappa shape index (κ3) is 2.18. The molecule has 8 nitrogen and oxygen atoms in total. The maximum absolute atomic E-state index is 5.16. The Morgan fingerprint density at radius 2 is 0.727 bits per heavy atom. The number of benzene rings is 1. The molecule has 1 aromatic carbocycles. The van der Waals surface area contributed by atoms with Crippen LogP contribution in [0.3, 0.4) is 0 Å². The van der Waals surface area contributed by atoms with Gasteiger partial charge in [0.15, 0.2) is 0 Å². The monoisotopic (exact) mass is 302 g/mol. The van der Waals surface area contributed by atoms with Gasteiger partial charge in [-0.2, -0.15) is 0 Å². The van der Waals surface area contributed by atoms with Gasteiger partial charge >= 0.3 is 0 Å². The highest BCUT2D eigenvalue weighted by atomic mass is 16.5. The van der Waals surface area contributed by atoms with Gasteiger partial charge in [0, 0.05) is 0 Å². The number of methoxy groups -OCH3 is 4. The Hall–Kier alpha value is -2.90. The fraction of sp³-hybridized carbons (Fsp3) is 0.286. The first-order chi connectivity index (χ1) is 10.7. The Balaban J connectivity index is 2.30. The molecule has 3 aromatic rings. The molecule has 22 heavy (non-hydrogen) atoms. The second-order valence-electron chi connectivity index (χ2n) is 4.31. The SMILES string of the molecule is COc1nc2cc3nc(OC)c(OC)nc3cc2nc1OC. The summed E-state index contributed by atoms with van der Waals surface area (Å²) in [6.07, 6.45) is 0. The van der Waals surface area contributed by atoms with Crippen LogP contribution in [-0.4, -0.2) is 48.4 Å². The molecular weight excluding hydrogens is 288 g/mol. The molecular formula is C14H14N4O4. The van der Waals surface area contributed by atoms with Crippen LogP contribution in [0, 0.1) is 0 Å². The minimum Gasteiger partial charge on any atom is -0.477 e. The van der Waals surface area contributed by atoms with E-state index in [1.54, 1.807) is 12.1 Å². The molecule has 0 N–H and O–H groups in total. The third-order valence-corrected chi connectivity index (χ3v) is 3.10. The highest BCUT2D eigenvalue weighted by Gasteiger charge is 2.14. The lowest BCUT2D eigenvalue weighted by atomic mass is 10.2. The first kappa shape index (κ1) is 14.1. The van der Waals surface area contributed by atoms with Crippen LogP contribution >= 0.6 is 0 Å². The number of aromatic nitrogens is 4. The third-order valence-electron chi connectivity index (χ3n) is 3.10. The van der Waals surface area contributed by atoms with Crippen molar-refractivity contribution in [3.8, 4) is 23.5 Å². The Kier molecular flexibility index (Phi) is 3.50. The van der Waals surface area contributed by atoms with Crippen LogP contribution in [0.5, 0.6) is 23.5 Å². The molecule has 0 amide bonds. The lowest BCUT2D eigenvalue weighted by molar-refractivity contribution is 0.333. The standard InChI is InChI=1S/C14H14N4O4/c1-19-11-12(20-2)16-8-6-10-9(5-7(8)15-11)17-13(21-3)14(18-10)22-4/h5-6H,1-4H3. The Morgan fingerprint density at radius 1 is 0.500 bits per heavy atom. The minimum atomic E-state index is 0.308. The van der Waals surface area contributed by atoms with Gasteiger partial charge in [0.05, 0.1) is 50.5 Å². The number of nitrogens with zero attached hydrogens (tertiary/aromatic N) is 4. The lowest BCUT2D eigenvalue weighted by Gasteiger charge is -2.09. The summed E-state index contributed by atoms with van der Waals surface area (Å²) in [4.78, 5) is 17.5. The van der Waals surface area contributed by atoms with Crippen molar-refractivity contribution in [2.45, 2.75) is 0 Å². The van der Waals surface area contributed by atoms with Crippen LogP contribution in [0.15, 0.2) is 12.1 Å². The average molecular weight is 302 g/mol. The van der Waals surface area contributed by atoms with E-state index in [4.69, 9.17) is 18.9 Å². The maximum Gasteiger partial charge on any atom is 0.278 e. The summed E-state index contributed by atoms with van der Waals surface area (Å²) in [6.45, 7) is 0. The van der Waals surface area contributed by atoms with Crippen molar-refractivity contribution >= 4 is 22.1 Å². The summed E-state index contributed by atoms with van der Waals surface area (Å²) in [5, 5.41) is 0. The second kappa shape index (κ2) is 5.47. The summed E-state index contributed by atoms with van der Waals surface area (Å²) in [5.74, 6) is 1.23. The fourth-order valence-electron chi connectivity index (χ4n) is 2.07. The topological polar surface area (TPSA) is 88.5 Å². The molecule has 114 valence electrons. The van der Waals surface area contributed by atoms with Crippen molar-refractivity contribution in [3.05, 3.63) is 12.1 Å². The van der Waals surface area contributed by atoms with Gasteiger partial charge in [-0.1, -0.05) is 0 Å². The van der Waals surface area contributed by atoms with Crippen molar-refractivity contribution in [2.24, 2.45) is 0 Å². The van der Waals surface area contributed by atoms with Crippen LogP contribution in [0.2, 0.25) is 0 Å². The Labute approximate surface area is 126 Å². The number of hydrogen-bond acceptors (Lipinski definition) is 8. The van der Waals surface area contributed by atoms with E-state index in [2.05, 4.69) is 19.9 Å². The number of fused-ring (bicyclic) bond motifs is 2. The first-order valence-corrected chi connectivity index (χ1v) is 6.39. The molecule has 0 spiro atoms. The molecule has 0 aliphatic carbocycles. The maximum atomic E-state index is 5.16. The van der Waals surface area contributed by atoms with E-state index in [9.17, 15) is 0 Å². The van der Waals surface area contributed by atoms with E-state index < -0.39 is 0 Å². The molecule has 8 heteroatoms. The molecule has 0 radical (unpaired) electrons. The van der Waals surface area contributed by atoms with Gasteiger partial charge in [-0.3, -0.25) is 0 Å². The van der Waals surface area contributed by atoms with Crippen LogP contribution in [0.25, 0.3) is 22.1 Å². The van der Waals surface area contributed by atoms with E-state index >= 15 is 0 Å². The summed E-state index contributed by atoms with van der Waals surface area (Å²) < 4.78 is 20.6. The zero-order valence-corrected chi connectivity index (χ0v) is 12.6. The quantitative estimate of drug-likeness (QED) is 0.672. The highest BCUT2D eigenvalue weighted by Crippen LogP contribution is 2.30. The zero-order chi connectivity index (χ0) is 15.7. The summed E-state index contributed by atoms with van der Waals surface area (Å²) in [7, 11) is 6.03. The van der Waals surface area contributed by atoms with Crippen LogP contribution < -0.4 is 18.9 Å². The van der Waals surface area contributed by atoms with Gasteiger partial charge in [-0.15, -0.1) is 0 Å². The van der Waals surface area contributed by atoms with Gasteiger partial charge in [0.1, 0.15) is 0 Å². The summed E-state index contributed by atoms with van der Waals surface area (Å²) in [6, 6.07) is 3.52. The number of hydrogen-bond donors (Lipinski definition) is 0. The van der Waals surface area contributed by atoms with Crippen LogP contribution in [0.4, 0.5) is 0 Å². The predicted octanol–water partition coefficient (Wildman–Crippen LogP) is 1.61. The average Bonchev–Trinajstić information content (AvgIpc) is 2.57. The van der Waals surface area contributed by atoms with Crippen molar-refractivity contribution in [1.29, 1.82) is 0 Å². The van der Waals surface area contributed by atoms with Gasteiger partial charge in [-0.05, 0) is 12.1 Å². The minimum absolute atomic E-state index is 0.308. The van der Waals surface area contributed by atoms with E-state index in [-0.39, 0.29) is 0 Å². The van der Waals surface area contributed by atoms with E-state index in [0.29, 0.717) is 45.6 Å². The predicted molar refractivity (Wildman–Crippen MR) is 78.8 cm³/mol. The summed E-state index contributed by atoms with van der Waals surface area (Å²) in [5.41, 5.74) is 2.47. The van der Waals surface area contributed by atoms with E-state index in [1.807, 2.05) is 0 Å². The Bertz CT molecular complexity index is 716. The van der Waals surface area contributed by atoms with Crippen LogP contribution in [-0.2, 0) is 0 Å². The van der Waals surface area contributed by atoms with E-state index in [0.717, 1.165) is 0 Å². The molecule has 0 unspecified atom stereocenters. The molecule has 0 aliphatic heterocycles. The number of rotatable bonds is 4. The molecule has 0 bridgehead atoms. The molecule has 0 aliphatic rings. The lowest BCUT2D eigenvalue weighted by Crippen LogP contribution is -2.00. The van der Waals surface area contributed by atoms with Crippen LogP contribution in [0.1, 0.15) is 0 Å². The first-order valence-electron chi connectivity index (χ1n) is 6.39.